The van der Waals surface area contributed by atoms with E-state index in [1.807, 2.05) is 0 Å². The maximum atomic E-state index is 11.3. The minimum atomic E-state index is -5.16. The normalized spacial score (nSPS) is 11.7. The summed E-state index contributed by atoms with van der Waals surface area (Å²) in [6.45, 7) is 0. The van der Waals surface area contributed by atoms with Crippen LogP contribution in [-0.2, 0) is 14.8 Å². The first kappa shape index (κ1) is 15.3. The van der Waals surface area contributed by atoms with Gasteiger partial charge in [0.2, 0.25) is 10.0 Å². The molecule has 0 aliphatic heterocycles. The number of nitrogens with one attached hydrogen (secondary N) is 1. The average Bonchev–Trinajstić information content (AvgIpc) is 1.56. The molecule has 0 saturated heterocycles. The molecule has 0 saturated carbocycles. The van der Waals surface area contributed by atoms with E-state index in [0.29, 0.717) is 6.26 Å². The van der Waals surface area contributed by atoms with Crippen LogP contribution in [0, 0.1) is 0 Å². The van der Waals surface area contributed by atoms with Crippen LogP contribution in [0.25, 0.3) is 0 Å². The third-order valence-corrected chi connectivity index (χ3v) is 1.09. The zero-order chi connectivity index (χ0) is 9.28. The first-order valence-electron chi connectivity index (χ1n) is 2.22. The van der Waals surface area contributed by atoms with Crippen molar-refractivity contribution in [3.63, 3.8) is 0 Å². The molecule has 0 aromatic heterocycles. The Labute approximate surface area is 111 Å². The van der Waals surface area contributed by atoms with Gasteiger partial charge in [0.1, 0.15) is 0 Å². The molecule has 0 atom stereocenters. The number of rotatable bonds is 1. The van der Waals surface area contributed by atoms with E-state index in [-0.39, 0.29) is 52.8 Å². The Morgan fingerprint density at radius 1 is 1.42 bits per heavy atom. The molecule has 1 N–H and O–H groups in total. The van der Waals surface area contributed by atoms with Crippen molar-refractivity contribution in [2.24, 2.45) is 0 Å². The summed E-state index contributed by atoms with van der Waals surface area (Å²) in [6.07, 6.45) is -4.71. The maximum absolute atomic E-state index is 11.3. The van der Waals surface area contributed by atoms with Gasteiger partial charge in [-0.3, -0.25) is 4.79 Å². The van der Waals surface area contributed by atoms with E-state index in [1.54, 1.807) is 0 Å². The largest absolute Gasteiger partial charge is 1.00 e. The van der Waals surface area contributed by atoms with Gasteiger partial charge in [0, 0.05) is 0 Å². The van der Waals surface area contributed by atoms with E-state index < -0.39 is 22.1 Å². The van der Waals surface area contributed by atoms with Gasteiger partial charge in [-0.15, -0.1) is 0 Å². The smallest absolute Gasteiger partial charge is 1.00 e. The number of sulfonamides is 1. The Bertz CT molecular complexity index is 264. The van der Waals surface area contributed by atoms with E-state index in [4.69, 9.17) is 0 Å². The second-order valence-corrected chi connectivity index (χ2v) is 3.45. The van der Waals surface area contributed by atoms with Crippen molar-refractivity contribution in [1.29, 1.82) is 0 Å². The van der Waals surface area contributed by atoms with Crippen LogP contribution in [0.3, 0.4) is 0 Å². The fourth-order valence-electron chi connectivity index (χ4n) is 0.226. The predicted molar refractivity (Wildman–Crippen MR) is 30.2 cm³/mol. The molecule has 9 heteroatoms. The number of carbonyl (C=O) groups excluding carboxylic acids is 1. The topological polar surface area (TPSA) is 63.2 Å². The number of carbonyl (C=O) groups is 1. The zero-order valence-electron chi connectivity index (χ0n) is 7.27. The Morgan fingerprint density at radius 3 is 1.83 bits per heavy atom. The molecule has 12 heavy (non-hydrogen) atoms. The molecule has 0 fully saturated rings. The zero-order valence-corrected chi connectivity index (χ0v) is 10.2. The van der Waals surface area contributed by atoms with Crippen LogP contribution in [0.5, 0.6) is 0 Å². The molecule has 4 nitrogen and oxygen atoms in total. The molecule has 68 valence electrons. The van der Waals surface area contributed by atoms with Gasteiger partial charge in [-0.25, -0.2) is 13.1 Å². The van der Waals surface area contributed by atoms with Gasteiger partial charge in [0.25, 0.3) is 0 Å². The van der Waals surface area contributed by atoms with Gasteiger partial charge < -0.3 is 1.43 Å². The van der Waals surface area contributed by atoms with Crippen molar-refractivity contribution in [3.8, 4) is 0 Å². The monoisotopic (exact) mass is 231 g/mol. The first-order valence-corrected chi connectivity index (χ1v) is 4.11. The quantitative estimate of drug-likeness (QED) is 0.482. The average molecular weight is 231 g/mol. The summed E-state index contributed by atoms with van der Waals surface area (Å²) in [6, 6.07) is 0. The third kappa shape index (κ3) is 7.49. The molecule has 1 amide bonds. The van der Waals surface area contributed by atoms with Crippen LogP contribution in [0.1, 0.15) is 1.43 Å². The number of alkyl halides is 3. The summed E-state index contributed by atoms with van der Waals surface area (Å²) < 4.78 is 54.8. The van der Waals surface area contributed by atoms with Crippen molar-refractivity contribution in [1.82, 2.24) is 4.72 Å². The van der Waals surface area contributed by atoms with E-state index in [1.165, 1.54) is 0 Å². The minimum absolute atomic E-state index is 0. The van der Waals surface area contributed by atoms with Gasteiger partial charge in [0.15, 0.2) is 0 Å². The molecule has 0 bridgehead atoms. The van der Waals surface area contributed by atoms with Crippen molar-refractivity contribution >= 4 is 15.9 Å². The number of hydrogen-bond acceptors (Lipinski definition) is 3. The Balaban J connectivity index is -0.000000500. The predicted octanol–water partition coefficient (Wildman–Crippen LogP) is -3.26. The molecular formula is C3H5F3KNO3S. The molecule has 0 rings (SSSR count). The van der Waals surface area contributed by atoms with Gasteiger partial charge >= 0.3 is 63.5 Å². The van der Waals surface area contributed by atoms with Crippen LogP contribution < -0.4 is 56.1 Å². The molecule has 0 aromatic rings. The number of halogens is 3. The standard InChI is InChI=1S/C3H4F3NO3S.K.H/c1-11(9,10)7-2(8)3(4,5)6;;/h1H3,(H,7,8);;/q;+1;-1. The number of hydrogen-bond donors (Lipinski definition) is 1. The maximum Gasteiger partial charge on any atom is 1.00 e. The molecule has 0 aliphatic carbocycles. The number of amides is 1. The molecule has 0 aliphatic rings. The van der Waals surface area contributed by atoms with E-state index in [0.717, 1.165) is 4.72 Å². The molecule has 0 heterocycles. The molecule has 0 unspecified atom stereocenters. The molecule has 0 radical (unpaired) electrons. The summed E-state index contributed by atoms with van der Waals surface area (Å²) >= 11 is 0. The van der Waals surface area contributed by atoms with Gasteiger partial charge in [-0.1, -0.05) is 0 Å². The van der Waals surface area contributed by atoms with Crippen molar-refractivity contribution in [3.05, 3.63) is 0 Å². The second kappa shape index (κ2) is 4.91. The van der Waals surface area contributed by atoms with Gasteiger partial charge in [-0.05, 0) is 0 Å². The SMILES string of the molecule is CS(=O)(=O)NC(=O)C(F)(F)F.[H-].[K+]. The summed E-state index contributed by atoms with van der Waals surface area (Å²) in [7, 11) is -4.13. The van der Waals surface area contributed by atoms with Gasteiger partial charge in [0.05, 0.1) is 6.26 Å². The van der Waals surface area contributed by atoms with Crippen LogP contribution >= 0.6 is 0 Å². The summed E-state index contributed by atoms with van der Waals surface area (Å²) in [5.41, 5.74) is 0. The van der Waals surface area contributed by atoms with Crippen LogP contribution in [0.15, 0.2) is 0 Å². The molecular weight excluding hydrogens is 226 g/mol. The van der Waals surface area contributed by atoms with E-state index >= 15 is 0 Å². The van der Waals surface area contributed by atoms with Crippen molar-refractivity contribution in [2.75, 3.05) is 6.26 Å². The van der Waals surface area contributed by atoms with Crippen molar-refractivity contribution < 1.29 is 79.2 Å². The first-order chi connectivity index (χ1) is 4.63. The fraction of sp³-hybridized carbons (Fsp3) is 0.667. The van der Waals surface area contributed by atoms with Crippen molar-refractivity contribution in [2.45, 2.75) is 6.18 Å². The Hall–Kier alpha value is 0.846. The Morgan fingerprint density at radius 2 is 1.75 bits per heavy atom. The summed E-state index contributed by atoms with van der Waals surface area (Å²) in [4.78, 5) is 9.86. The second-order valence-electron chi connectivity index (χ2n) is 1.70. The Kier molecular flexibility index (Phi) is 6.27. The fourth-order valence-corrected chi connectivity index (χ4v) is 0.679. The van der Waals surface area contributed by atoms with E-state index in [2.05, 4.69) is 0 Å². The van der Waals surface area contributed by atoms with Crippen LogP contribution in [-0.4, -0.2) is 26.8 Å². The molecule has 0 spiro atoms. The van der Waals surface area contributed by atoms with Gasteiger partial charge in [-0.2, -0.15) is 13.2 Å². The third-order valence-electron chi connectivity index (χ3n) is 0.536. The summed E-state index contributed by atoms with van der Waals surface area (Å²) in [5.74, 6) is -2.49. The van der Waals surface area contributed by atoms with Crippen LogP contribution in [0.2, 0.25) is 0 Å². The minimum Gasteiger partial charge on any atom is -1.00 e. The van der Waals surface area contributed by atoms with E-state index in [9.17, 15) is 26.4 Å². The molecule has 0 aromatic carbocycles. The van der Waals surface area contributed by atoms with Crippen LogP contribution in [0.4, 0.5) is 13.2 Å². The summed E-state index contributed by atoms with van der Waals surface area (Å²) in [5, 5.41) is 0.